The smallest absolute Gasteiger partial charge is 0.129 e. The van der Waals surface area contributed by atoms with E-state index in [4.69, 9.17) is 0 Å². The van der Waals surface area contributed by atoms with E-state index in [1.54, 1.807) is 6.92 Å². The maximum atomic E-state index is 13.1. The van der Waals surface area contributed by atoms with Crippen LogP contribution in [-0.2, 0) is 4.79 Å². The van der Waals surface area contributed by atoms with Crippen LogP contribution in [-0.4, -0.2) is 6.29 Å². The van der Waals surface area contributed by atoms with Gasteiger partial charge < -0.3 is 4.79 Å². The quantitative estimate of drug-likeness (QED) is 0.660. The van der Waals surface area contributed by atoms with Gasteiger partial charge in [0.2, 0.25) is 0 Å². The molecule has 0 N–H and O–H groups in total. The zero-order valence-corrected chi connectivity index (χ0v) is 7.26. The van der Waals surface area contributed by atoms with E-state index in [0.717, 1.165) is 12.4 Å². The lowest BCUT2D eigenvalue weighted by molar-refractivity contribution is -0.108. The molecule has 0 spiro atoms. The van der Waals surface area contributed by atoms with Gasteiger partial charge in [-0.1, -0.05) is 13.0 Å². The fraction of sp³-hybridized carbons (Fsp3) is 0.300. The Morgan fingerprint density at radius 1 is 1.46 bits per heavy atom. The first-order valence-corrected chi connectivity index (χ1v) is 4.03. The van der Waals surface area contributed by atoms with Crippen LogP contribution in [0.2, 0.25) is 0 Å². The zero-order valence-electron chi connectivity index (χ0n) is 7.26. The number of benzene rings is 1. The van der Waals surface area contributed by atoms with Crippen molar-refractivity contribution in [2.75, 3.05) is 0 Å². The summed E-state index contributed by atoms with van der Waals surface area (Å²) in [6.45, 7) is 1.73. The standard InChI is InChI=1S/C10H10F2O/c1-7(4-5-13)9-3-2-8(11)6-10(9)12/h2-3,5-7H,4H2,1H3. The van der Waals surface area contributed by atoms with E-state index in [2.05, 4.69) is 0 Å². The van der Waals surface area contributed by atoms with Crippen molar-refractivity contribution in [2.45, 2.75) is 19.3 Å². The molecule has 0 saturated heterocycles. The molecule has 0 aliphatic carbocycles. The molecule has 0 aliphatic heterocycles. The molecule has 0 fully saturated rings. The third-order valence-electron chi connectivity index (χ3n) is 1.94. The molecule has 0 heterocycles. The molecule has 1 rings (SSSR count). The minimum absolute atomic E-state index is 0.196. The maximum absolute atomic E-state index is 13.1. The Morgan fingerprint density at radius 2 is 2.15 bits per heavy atom. The van der Waals surface area contributed by atoms with Crippen LogP contribution in [0.25, 0.3) is 0 Å². The van der Waals surface area contributed by atoms with Crippen molar-refractivity contribution in [3.63, 3.8) is 0 Å². The number of rotatable bonds is 3. The summed E-state index contributed by atoms with van der Waals surface area (Å²) in [5, 5.41) is 0. The van der Waals surface area contributed by atoms with E-state index in [0.29, 0.717) is 5.56 Å². The highest BCUT2D eigenvalue weighted by Gasteiger charge is 2.10. The summed E-state index contributed by atoms with van der Waals surface area (Å²) in [7, 11) is 0. The molecular formula is C10H10F2O. The molecule has 0 amide bonds. The fourth-order valence-electron chi connectivity index (χ4n) is 1.17. The van der Waals surface area contributed by atoms with Crippen LogP contribution < -0.4 is 0 Å². The van der Waals surface area contributed by atoms with Crippen LogP contribution >= 0.6 is 0 Å². The Kier molecular flexibility index (Phi) is 3.12. The van der Waals surface area contributed by atoms with Crippen LogP contribution in [0, 0.1) is 11.6 Å². The first-order valence-electron chi connectivity index (χ1n) is 4.03. The van der Waals surface area contributed by atoms with Crippen molar-refractivity contribution in [3.05, 3.63) is 35.4 Å². The molecule has 1 unspecified atom stereocenters. The van der Waals surface area contributed by atoms with Crippen LogP contribution in [0.5, 0.6) is 0 Å². The summed E-state index contributed by atoms with van der Waals surface area (Å²) < 4.78 is 25.6. The molecule has 1 nitrogen and oxygen atoms in total. The van der Waals surface area contributed by atoms with Gasteiger partial charge in [-0.05, 0) is 17.5 Å². The van der Waals surface area contributed by atoms with Crippen LogP contribution in [0.4, 0.5) is 8.78 Å². The zero-order chi connectivity index (χ0) is 9.84. The monoisotopic (exact) mass is 184 g/mol. The van der Waals surface area contributed by atoms with Crippen LogP contribution in [0.3, 0.4) is 0 Å². The third kappa shape index (κ3) is 2.34. The van der Waals surface area contributed by atoms with Gasteiger partial charge in [-0.3, -0.25) is 0 Å². The molecule has 0 radical (unpaired) electrons. The molecule has 70 valence electrons. The Bertz CT molecular complexity index is 310. The average Bonchev–Trinajstić information content (AvgIpc) is 2.04. The maximum Gasteiger partial charge on any atom is 0.129 e. The number of hydrogen-bond donors (Lipinski definition) is 0. The lowest BCUT2D eigenvalue weighted by Crippen LogP contribution is -1.98. The van der Waals surface area contributed by atoms with Crippen LogP contribution in [0.15, 0.2) is 18.2 Å². The molecule has 1 atom stereocenters. The summed E-state index contributed by atoms with van der Waals surface area (Å²) in [5.41, 5.74) is 0.383. The molecule has 13 heavy (non-hydrogen) atoms. The summed E-state index contributed by atoms with van der Waals surface area (Å²) in [5.74, 6) is -1.38. The van der Waals surface area contributed by atoms with Crippen molar-refractivity contribution < 1.29 is 13.6 Å². The molecule has 0 saturated carbocycles. The Labute approximate surface area is 75.4 Å². The summed E-state index contributed by atoms with van der Waals surface area (Å²) in [6, 6.07) is 3.40. The van der Waals surface area contributed by atoms with Gasteiger partial charge in [-0.2, -0.15) is 0 Å². The van der Waals surface area contributed by atoms with E-state index in [-0.39, 0.29) is 12.3 Å². The number of carbonyl (C=O) groups is 1. The van der Waals surface area contributed by atoms with Crippen molar-refractivity contribution in [1.29, 1.82) is 0 Å². The van der Waals surface area contributed by atoms with Crippen molar-refractivity contribution in [2.24, 2.45) is 0 Å². The van der Waals surface area contributed by atoms with E-state index in [1.165, 1.54) is 12.1 Å². The van der Waals surface area contributed by atoms with E-state index in [1.807, 2.05) is 0 Å². The average molecular weight is 184 g/mol. The van der Waals surface area contributed by atoms with E-state index in [9.17, 15) is 13.6 Å². The van der Waals surface area contributed by atoms with E-state index < -0.39 is 11.6 Å². The second-order valence-corrected chi connectivity index (χ2v) is 2.97. The predicted octanol–water partition coefficient (Wildman–Crippen LogP) is 2.66. The topological polar surface area (TPSA) is 17.1 Å². The predicted molar refractivity (Wildman–Crippen MR) is 45.5 cm³/mol. The van der Waals surface area contributed by atoms with Gasteiger partial charge in [0.15, 0.2) is 0 Å². The highest BCUT2D eigenvalue weighted by Crippen LogP contribution is 2.21. The molecule has 3 heteroatoms. The number of aldehydes is 1. The SMILES string of the molecule is CC(CC=O)c1ccc(F)cc1F. The third-order valence-corrected chi connectivity index (χ3v) is 1.94. The van der Waals surface area contributed by atoms with Crippen molar-refractivity contribution >= 4 is 6.29 Å². The first kappa shape index (κ1) is 9.84. The first-order chi connectivity index (χ1) is 6.15. The number of carbonyl (C=O) groups excluding carboxylic acids is 1. The molecule has 0 bridgehead atoms. The largest absolute Gasteiger partial charge is 0.303 e. The molecule has 1 aromatic carbocycles. The molecule has 1 aromatic rings. The molecule has 0 aromatic heterocycles. The summed E-state index contributed by atoms with van der Waals surface area (Å²) >= 11 is 0. The Hall–Kier alpha value is -1.25. The van der Waals surface area contributed by atoms with Gasteiger partial charge in [0.25, 0.3) is 0 Å². The number of hydrogen-bond acceptors (Lipinski definition) is 1. The van der Waals surface area contributed by atoms with Crippen molar-refractivity contribution in [1.82, 2.24) is 0 Å². The lowest BCUT2D eigenvalue weighted by Gasteiger charge is -2.08. The second kappa shape index (κ2) is 4.12. The Balaban J connectivity index is 2.94. The minimum Gasteiger partial charge on any atom is -0.303 e. The number of halogens is 2. The molecular weight excluding hydrogens is 174 g/mol. The second-order valence-electron chi connectivity index (χ2n) is 2.97. The van der Waals surface area contributed by atoms with Crippen LogP contribution in [0.1, 0.15) is 24.8 Å². The van der Waals surface area contributed by atoms with Gasteiger partial charge in [0.1, 0.15) is 17.9 Å². The van der Waals surface area contributed by atoms with Gasteiger partial charge in [0.05, 0.1) is 0 Å². The summed E-state index contributed by atoms with van der Waals surface area (Å²) in [6.07, 6.45) is 0.982. The van der Waals surface area contributed by atoms with Gasteiger partial charge in [0, 0.05) is 12.5 Å². The highest BCUT2D eigenvalue weighted by molar-refractivity contribution is 5.51. The lowest BCUT2D eigenvalue weighted by atomic mass is 9.98. The fourth-order valence-corrected chi connectivity index (χ4v) is 1.17. The Morgan fingerprint density at radius 3 is 2.69 bits per heavy atom. The highest BCUT2D eigenvalue weighted by atomic mass is 19.1. The van der Waals surface area contributed by atoms with Gasteiger partial charge in [-0.25, -0.2) is 8.78 Å². The van der Waals surface area contributed by atoms with E-state index >= 15 is 0 Å². The molecule has 0 aliphatic rings. The minimum atomic E-state index is -0.598. The van der Waals surface area contributed by atoms with Gasteiger partial charge >= 0.3 is 0 Å². The van der Waals surface area contributed by atoms with Gasteiger partial charge in [-0.15, -0.1) is 0 Å². The summed E-state index contributed by atoms with van der Waals surface area (Å²) in [4.78, 5) is 10.2. The van der Waals surface area contributed by atoms with Crippen molar-refractivity contribution in [3.8, 4) is 0 Å². The normalized spacial score (nSPS) is 12.5.